The lowest BCUT2D eigenvalue weighted by Gasteiger charge is -2.10. The van der Waals surface area contributed by atoms with Gasteiger partial charge < -0.3 is 4.58 Å². The molecular weight excluding hydrogens is 358 g/mol. The van der Waals surface area contributed by atoms with Crippen molar-refractivity contribution in [1.82, 2.24) is 4.98 Å². The predicted octanol–water partition coefficient (Wildman–Crippen LogP) is 2.71. The second-order valence-corrected chi connectivity index (χ2v) is 14.6. The first kappa shape index (κ1) is 16.2. The molecule has 0 fully saturated rings. The van der Waals surface area contributed by atoms with Crippen LogP contribution in [0, 0.1) is 0 Å². The van der Waals surface area contributed by atoms with Gasteiger partial charge in [0.2, 0.25) is 18.1 Å². The minimum atomic E-state index is -0.0586. The zero-order chi connectivity index (χ0) is 16.9. The molecule has 0 bridgehead atoms. The Morgan fingerprint density at radius 3 is 1.84 bits per heavy atom. The van der Waals surface area contributed by atoms with Crippen LogP contribution in [0.5, 0.6) is 0 Å². The summed E-state index contributed by atoms with van der Waals surface area (Å²) in [6, 6.07) is 27.2. The molecule has 0 amide bonds. The molecule has 2 heterocycles. The molecule has 122 valence electrons. The molecule has 3 nitrogen and oxygen atoms in total. The summed E-state index contributed by atoms with van der Waals surface area (Å²) in [5.74, 6) is 0. The van der Waals surface area contributed by atoms with Crippen LogP contribution in [0.4, 0.5) is 0 Å². The van der Waals surface area contributed by atoms with Crippen molar-refractivity contribution in [2.75, 3.05) is 0 Å². The Bertz CT molecular complexity index is 978. The molecule has 0 saturated heterocycles. The van der Waals surface area contributed by atoms with Crippen LogP contribution in [-0.2, 0) is 9.15 Å². The van der Waals surface area contributed by atoms with Gasteiger partial charge in [-0.25, -0.2) is 4.98 Å². The summed E-state index contributed by atoms with van der Waals surface area (Å²) in [4.78, 5) is 4.76. The van der Waals surface area contributed by atoms with Gasteiger partial charge in [-0.15, -0.1) is 0 Å². The molecule has 1 aliphatic heterocycles. The summed E-state index contributed by atoms with van der Waals surface area (Å²) in [5, 5.41) is 2.41. The fourth-order valence-electron chi connectivity index (χ4n) is 2.95. The maximum atomic E-state index is 4.76. The molecule has 0 unspecified atom stereocenters. The van der Waals surface area contributed by atoms with Crippen molar-refractivity contribution in [3.63, 3.8) is 0 Å². The Morgan fingerprint density at radius 2 is 1.32 bits per heavy atom. The zero-order valence-electron chi connectivity index (χ0n) is 13.6. The number of fused-ring (bicyclic) bond motifs is 2. The second-order valence-electron chi connectivity index (χ2n) is 5.64. The first-order valence-electron chi connectivity index (χ1n) is 8.20. The molecule has 4 aromatic rings. The molecule has 1 aliphatic rings. The molecule has 0 atom stereocenters. The molecule has 0 saturated carbocycles. The highest BCUT2D eigenvalue weighted by atomic mass is 29.4. The van der Waals surface area contributed by atoms with Gasteiger partial charge >= 0.3 is 0 Å². The van der Waals surface area contributed by atoms with Crippen molar-refractivity contribution in [3.05, 3.63) is 78.9 Å². The Morgan fingerprint density at radius 1 is 0.720 bits per heavy atom. The van der Waals surface area contributed by atoms with Gasteiger partial charge in [-0.05, 0) is 17.7 Å². The third kappa shape index (κ3) is 3.57. The SMILES string of the molecule is O1O[SiH2][SiH]=[SiH]1.c1ccc(-c2c3ccccc3nc3ccccc23)cc1. The van der Waals surface area contributed by atoms with Crippen molar-refractivity contribution in [2.45, 2.75) is 0 Å². The van der Waals surface area contributed by atoms with Gasteiger partial charge in [0.05, 0.1) is 11.0 Å². The van der Waals surface area contributed by atoms with E-state index < -0.39 is 0 Å². The van der Waals surface area contributed by atoms with Crippen LogP contribution in [0.1, 0.15) is 0 Å². The van der Waals surface area contributed by atoms with Crippen LogP contribution >= 0.6 is 0 Å². The molecule has 0 radical (unpaired) electrons. The maximum absolute atomic E-state index is 4.76. The van der Waals surface area contributed by atoms with E-state index in [0.29, 0.717) is 17.0 Å². The summed E-state index contributed by atoms with van der Waals surface area (Å²) >= 11 is 0. The largest absolute Gasteiger partial charge is 0.432 e. The van der Waals surface area contributed by atoms with Crippen LogP contribution in [0.2, 0.25) is 0 Å². The third-order valence-corrected chi connectivity index (χ3v) is 10.6. The van der Waals surface area contributed by atoms with Gasteiger partial charge in [-0.1, -0.05) is 66.7 Å². The molecule has 6 heteroatoms. The van der Waals surface area contributed by atoms with Crippen molar-refractivity contribution >= 4 is 48.1 Å². The molecular formula is C19H17NO2Si3. The summed E-state index contributed by atoms with van der Waals surface area (Å²) in [6.07, 6.45) is 0. The average molecular weight is 376 g/mol. The Balaban J connectivity index is 0.000000272. The fraction of sp³-hybridized carbons (Fsp3) is 0. The minimum Gasteiger partial charge on any atom is -0.432 e. The molecule has 0 aliphatic carbocycles. The molecule has 25 heavy (non-hydrogen) atoms. The Kier molecular flexibility index (Phi) is 5.03. The predicted molar refractivity (Wildman–Crippen MR) is 110 cm³/mol. The highest BCUT2D eigenvalue weighted by Gasteiger charge is 2.09. The lowest BCUT2D eigenvalue weighted by Crippen LogP contribution is -1.88. The maximum Gasteiger partial charge on any atom is 0.236 e. The van der Waals surface area contributed by atoms with Gasteiger partial charge in [0, 0.05) is 24.5 Å². The van der Waals surface area contributed by atoms with E-state index >= 15 is 0 Å². The summed E-state index contributed by atoms with van der Waals surface area (Å²) in [7, 11) is 0.994. The standard InChI is InChI=1S/C19H13N.H4O2Si3/c1-2-8-14(9-3-1)19-15-10-4-6-12-17(15)20-18-13-7-5-11-16(18)19;1-2-4-5-3-1/h1-13H;3,5H,4H2. The van der Waals surface area contributed by atoms with E-state index in [-0.39, 0.29) is 9.28 Å². The van der Waals surface area contributed by atoms with E-state index in [1.165, 1.54) is 21.9 Å². The first-order valence-corrected chi connectivity index (χ1v) is 15.2. The molecule has 3 aromatic carbocycles. The van der Waals surface area contributed by atoms with E-state index in [0.717, 1.165) is 11.0 Å². The van der Waals surface area contributed by atoms with Crippen molar-refractivity contribution < 1.29 is 9.15 Å². The number of para-hydroxylation sites is 2. The molecule has 0 spiro atoms. The normalized spacial score (nSPS) is 13.6. The first-order chi connectivity index (χ1) is 12.4. The van der Waals surface area contributed by atoms with Crippen LogP contribution in [0.15, 0.2) is 78.9 Å². The number of rotatable bonds is 1. The van der Waals surface area contributed by atoms with Crippen LogP contribution in [0.3, 0.4) is 0 Å². The average Bonchev–Trinajstić information content (AvgIpc) is 3.27. The Hall–Kier alpha value is -2.26. The summed E-state index contributed by atoms with van der Waals surface area (Å²) in [6.45, 7) is 0. The number of benzene rings is 3. The van der Waals surface area contributed by atoms with Gasteiger partial charge in [-0.3, -0.25) is 4.58 Å². The number of hydrogen-bond acceptors (Lipinski definition) is 3. The number of pyridine rings is 1. The van der Waals surface area contributed by atoms with Gasteiger partial charge in [0.15, 0.2) is 0 Å². The fourth-order valence-corrected chi connectivity index (χ4v) is 8.06. The number of nitrogens with zero attached hydrogens (tertiary/aromatic N) is 1. The summed E-state index contributed by atoms with van der Waals surface area (Å²) < 4.78 is 9.28. The smallest absolute Gasteiger partial charge is 0.236 e. The lowest BCUT2D eigenvalue weighted by atomic mass is 9.96. The van der Waals surface area contributed by atoms with Gasteiger partial charge in [0.1, 0.15) is 0 Å². The van der Waals surface area contributed by atoms with E-state index in [9.17, 15) is 0 Å². The molecule has 1 aromatic heterocycles. The lowest BCUT2D eigenvalue weighted by molar-refractivity contribution is -0.0861. The topological polar surface area (TPSA) is 31.4 Å². The third-order valence-electron chi connectivity index (χ3n) is 4.03. The van der Waals surface area contributed by atoms with E-state index in [1.54, 1.807) is 0 Å². The van der Waals surface area contributed by atoms with E-state index in [1.807, 2.05) is 12.1 Å². The monoisotopic (exact) mass is 375 g/mol. The van der Waals surface area contributed by atoms with Gasteiger partial charge in [0.25, 0.3) is 0 Å². The number of hydrogen-bond donors (Lipinski definition) is 0. The van der Waals surface area contributed by atoms with Crippen LogP contribution in [0.25, 0.3) is 32.9 Å². The zero-order valence-corrected chi connectivity index (χ0v) is 17.4. The highest BCUT2D eigenvalue weighted by Crippen LogP contribution is 2.34. The van der Waals surface area contributed by atoms with Crippen molar-refractivity contribution in [1.29, 1.82) is 0 Å². The number of aromatic nitrogens is 1. The van der Waals surface area contributed by atoms with Crippen molar-refractivity contribution in [2.24, 2.45) is 0 Å². The van der Waals surface area contributed by atoms with Crippen molar-refractivity contribution in [3.8, 4) is 11.1 Å². The quantitative estimate of drug-likeness (QED) is 0.291. The minimum absolute atomic E-state index is 0.0586. The highest BCUT2D eigenvalue weighted by molar-refractivity contribution is 7.08. The Labute approximate surface area is 152 Å². The van der Waals surface area contributed by atoms with Crippen LogP contribution < -0.4 is 0 Å². The summed E-state index contributed by atoms with van der Waals surface area (Å²) in [5.41, 5.74) is 4.60. The van der Waals surface area contributed by atoms with E-state index in [2.05, 4.69) is 75.9 Å². The van der Waals surface area contributed by atoms with Crippen LogP contribution in [-0.4, -0.2) is 31.3 Å². The second kappa shape index (κ2) is 7.75. The molecule has 0 N–H and O–H groups in total. The van der Waals surface area contributed by atoms with Gasteiger partial charge in [-0.2, -0.15) is 0 Å². The molecule has 5 rings (SSSR count). The van der Waals surface area contributed by atoms with E-state index in [4.69, 9.17) is 4.98 Å².